The molecule has 1 aliphatic heterocycles. The smallest absolute Gasteiger partial charge is 0.269 e. The predicted octanol–water partition coefficient (Wildman–Crippen LogP) is 2.12. The predicted molar refractivity (Wildman–Crippen MR) is 86.3 cm³/mol. The van der Waals surface area contributed by atoms with Crippen LogP contribution in [0.25, 0.3) is 11.4 Å². The third kappa shape index (κ3) is 2.76. The Morgan fingerprint density at radius 3 is 2.64 bits per heavy atom. The number of hydrogen-bond donors (Lipinski definition) is 1. The van der Waals surface area contributed by atoms with E-state index in [1.54, 1.807) is 0 Å². The Hall–Kier alpha value is -2.14. The number of benzene rings is 1. The summed E-state index contributed by atoms with van der Waals surface area (Å²) >= 11 is 0. The van der Waals surface area contributed by atoms with Crippen LogP contribution in [-0.4, -0.2) is 33.4 Å². The van der Waals surface area contributed by atoms with Crippen LogP contribution < -0.4 is 5.73 Å². The molecule has 1 aliphatic rings. The second-order valence-corrected chi connectivity index (χ2v) is 6.24. The van der Waals surface area contributed by atoms with E-state index in [1.165, 1.54) is 0 Å². The first-order valence-electron chi connectivity index (χ1n) is 7.73. The van der Waals surface area contributed by atoms with Gasteiger partial charge in [-0.3, -0.25) is 9.69 Å². The van der Waals surface area contributed by atoms with E-state index in [-0.39, 0.29) is 0 Å². The van der Waals surface area contributed by atoms with Crippen LogP contribution in [0.4, 0.5) is 0 Å². The van der Waals surface area contributed by atoms with Gasteiger partial charge in [0.05, 0.1) is 5.69 Å². The van der Waals surface area contributed by atoms with Gasteiger partial charge >= 0.3 is 0 Å². The molecule has 0 aliphatic carbocycles. The summed E-state index contributed by atoms with van der Waals surface area (Å²) in [7, 11) is 0. The quantitative estimate of drug-likeness (QED) is 0.940. The lowest BCUT2D eigenvalue weighted by atomic mass is 10.1. The molecule has 2 N–H and O–H groups in total. The fourth-order valence-electron chi connectivity index (χ4n) is 3.10. The van der Waals surface area contributed by atoms with E-state index in [9.17, 15) is 4.79 Å². The highest BCUT2D eigenvalue weighted by Gasteiger charge is 2.26. The molecule has 0 saturated carbocycles. The number of hydrogen-bond acceptors (Lipinski definition) is 3. The van der Waals surface area contributed by atoms with Crippen molar-refractivity contribution in [2.75, 3.05) is 13.1 Å². The molecule has 0 atom stereocenters. The zero-order valence-electron chi connectivity index (χ0n) is 13.1. The lowest BCUT2D eigenvalue weighted by molar-refractivity contribution is 0.0992. The number of nitrogens with zero attached hydrogens (tertiary/aromatic N) is 3. The van der Waals surface area contributed by atoms with Crippen molar-refractivity contribution in [3.05, 3.63) is 41.7 Å². The van der Waals surface area contributed by atoms with Crippen LogP contribution in [0.5, 0.6) is 0 Å². The van der Waals surface area contributed by atoms with Crippen LogP contribution in [0, 0.1) is 5.92 Å². The molecular weight excluding hydrogens is 276 g/mol. The van der Waals surface area contributed by atoms with E-state index >= 15 is 0 Å². The topological polar surface area (TPSA) is 64.2 Å². The molecule has 5 nitrogen and oxygen atoms in total. The van der Waals surface area contributed by atoms with Crippen molar-refractivity contribution >= 4 is 5.91 Å². The van der Waals surface area contributed by atoms with Gasteiger partial charge in [-0.1, -0.05) is 44.2 Å². The second-order valence-electron chi connectivity index (χ2n) is 6.24. The Kier molecular flexibility index (Phi) is 3.98. The van der Waals surface area contributed by atoms with Crippen LogP contribution in [0.2, 0.25) is 0 Å². The molecular formula is C17H22N4O. The van der Waals surface area contributed by atoms with Gasteiger partial charge in [-0.15, -0.1) is 0 Å². The lowest BCUT2D eigenvalue weighted by Gasteiger charge is -2.30. The molecule has 2 heterocycles. The molecule has 1 amide bonds. The Balaban J connectivity index is 2.01. The molecule has 0 radical (unpaired) electrons. The maximum absolute atomic E-state index is 11.8. The van der Waals surface area contributed by atoms with E-state index in [2.05, 4.69) is 28.3 Å². The van der Waals surface area contributed by atoms with Crippen LogP contribution in [0.1, 0.15) is 30.0 Å². The van der Waals surface area contributed by atoms with Gasteiger partial charge in [-0.25, -0.2) is 4.98 Å². The highest BCUT2D eigenvalue weighted by atomic mass is 16.1. The van der Waals surface area contributed by atoms with Crippen LogP contribution in [-0.2, 0) is 13.1 Å². The van der Waals surface area contributed by atoms with Gasteiger partial charge < -0.3 is 10.3 Å². The Labute approximate surface area is 130 Å². The number of aromatic nitrogens is 2. The number of nitrogens with two attached hydrogens (primary N) is 1. The summed E-state index contributed by atoms with van der Waals surface area (Å²) in [4.78, 5) is 18.7. The molecule has 1 aromatic carbocycles. The third-order valence-corrected chi connectivity index (χ3v) is 3.97. The zero-order chi connectivity index (χ0) is 15.7. The number of rotatable bonds is 4. The molecule has 116 valence electrons. The Bertz CT molecular complexity index is 675. The highest BCUT2D eigenvalue weighted by molar-refractivity contribution is 5.93. The van der Waals surface area contributed by atoms with Gasteiger partial charge in [0.2, 0.25) is 0 Å². The fraction of sp³-hybridized carbons (Fsp3) is 0.412. The van der Waals surface area contributed by atoms with Crippen LogP contribution >= 0.6 is 0 Å². The van der Waals surface area contributed by atoms with Gasteiger partial charge in [0.15, 0.2) is 5.69 Å². The van der Waals surface area contributed by atoms with Gasteiger partial charge in [-0.05, 0) is 5.92 Å². The van der Waals surface area contributed by atoms with Crippen LogP contribution in [0.15, 0.2) is 30.3 Å². The normalized spacial score (nSPS) is 15.0. The van der Waals surface area contributed by atoms with E-state index in [0.717, 1.165) is 43.3 Å². The highest BCUT2D eigenvalue weighted by Crippen LogP contribution is 2.26. The van der Waals surface area contributed by atoms with Gasteiger partial charge in [0.1, 0.15) is 5.82 Å². The minimum Gasteiger partial charge on any atom is -0.364 e. The summed E-state index contributed by atoms with van der Waals surface area (Å²) < 4.78 is 2.15. The van der Waals surface area contributed by atoms with Crippen molar-refractivity contribution < 1.29 is 4.79 Å². The van der Waals surface area contributed by atoms with Gasteiger partial charge in [0, 0.05) is 31.7 Å². The average Bonchev–Trinajstić information content (AvgIpc) is 2.86. The maximum Gasteiger partial charge on any atom is 0.269 e. The zero-order valence-corrected chi connectivity index (χ0v) is 13.1. The summed E-state index contributed by atoms with van der Waals surface area (Å²) in [5.74, 6) is 0.992. The number of carbonyl (C=O) groups is 1. The van der Waals surface area contributed by atoms with Crippen molar-refractivity contribution in [3.8, 4) is 11.4 Å². The van der Waals surface area contributed by atoms with Crippen molar-refractivity contribution in [2.24, 2.45) is 11.7 Å². The van der Waals surface area contributed by atoms with Crippen molar-refractivity contribution in [2.45, 2.75) is 26.9 Å². The molecule has 0 saturated heterocycles. The summed E-state index contributed by atoms with van der Waals surface area (Å²) in [6, 6.07) is 9.97. The molecule has 1 aromatic heterocycles. The van der Waals surface area contributed by atoms with Crippen LogP contribution in [0.3, 0.4) is 0 Å². The number of amides is 1. The van der Waals surface area contributed by atoms with E-state index in [0.29, 0.717) is 11.6 Å². The molecule has 22 heavy (non-hydrogen) atoms. The number of imidazole rings is 1. The first-order chi connectivity index (χ1) is 10.6. The molecule has 0 bridgehead atoms. The standard InChI is InChI=1S/C17H22N4O/c1-12(2)10-20-8-9-21-14(11-20)15(16(18)22)19-17(21)13-6-4-3-5-7-13/h3-7,12H,8-11H2,1-2H3,(H2,18,22). The maximum atomic E-state index is 11.8. The molecule has 3 rings (SSSR count). The molecule has 0 spiro atoms. The number of fused-ring (bicyclic) bond motifs is 1. The second kappa shape index (κ2) is 5.93. The summed E-state index contributed by atoms with van der Waals surface area (Å²) in [5.41, 5.74) is 7.92. The van der Waals surface area contributed by atoms with Gasteiger partial charge in [-0.2, -0.15) is 0 Å². The van der Waals surface area contributed by atoms with Crippen molar-refractivity contribution in [3.63, 3.8) is 0 Å². The fourth-order valence-corrected chi connectivity index (χ4v) is 3.10. The molecule has 0 fully saturated rings. The minimum absolute atomic E-state index is 0.410. The first kappa shape index (κ1) is 14.8. The Morgan fingerprint density at radius 2 is 2.00 bits per heavy atom. The molecule has 0 unspecified atom stereocenters. The summed E-state index contributed by atoms with van der Waals surface area (Å²) in [6.07, 6.45) is 0. The summed E-state index contributed by atoms with van der Waals surface area (Å²) in [6.45, 7) is 7.97. The van der Waals surface area contributed by atoms with E-state index in [4.69, 9.17) is 5.73 Å². The molecule has 5 heteroatoms. The number of primary amides is 1. The van der Waals surface area contributed by atoms with Gasteiger partial charge in [0.25, 0.3) is 5.91 Å². The monoisotopic (exact) mass is 298 g/mol. The van der Waals surface area contributed by atoms with E-state index in [1.807, 2.05) is 30.3 Å². The van der Waals surface area contributed by atoms with Crippen molar-refractivity contribution in [1.29, 1.82) is 0 Å². The number of carbonyl (C=O) groups excluding carboxylic acids is 1. The lowest BCUT2D eigenvalue weighted by Crippen LogP contribution is -2.37. The third-order valence-electron chi connectivity index (χ3n) is 3.97. The van der Waals surface area contributed by atoms with E-state index < -0.39 is 5.91 Å². The average molecular weight is 298 g/mol. The minimum atomic E-state index is -0.447. The SMILES string of the molecule is CC(C)CN1CCn2c(-c3ccccc3)nc(C(N)=O)c2C1. The molecule has 2 aromatic rings. The summed E-state index contributed by atoms with van der Waals surface area (Å²) in [5, 5.41) is 0. The van der Waals surface area contributed by atoms with Crippen molar-refractivity contribution in [1.82, 2.24) is 14.5 Å². The largest absolute Gasteiger partial charge is 0.364 e. The first-order valence-corrected chi connectivity index (χ1v) is 7.73. The Morgan fingerprint density at radius 1 is 1.27 bits per heavy atom.